The van der Waals surface area contributed by atoms with Crippen molar-refractivity contribution in [2.75, 3.05) is 6.61 Å². The molecule has 3 rings (SSSR count). The molecule has 0 spiro atoms. The van der Waals surface area contributed by atoms with Crippen LogP contribution in [0.3, 0.4) is 0 Å². The van der Waals surface area contributed by atoms with Gasteiger partial charge in [-0.1, -0.05) is 11.3 Å². The molecule has 8 heteroatoms. The highest BCUT2D eigenvalue weighted by Gasteiger charge is 2.29. The van der Waals surface area contributed by atoms with E-state index in [0.29, 0.717) is 5.92 Å². The molecule has 0 atom stereocenters. The molecule has 0 aromatic carbocycles. The van der Waals surface area contributed by atoms with E-state index in [0.717, 1.165) is 28.6 Å². The fourth-order valence-electron chi connectivity index (χ4n) is 1.55. The maximum absolute atomic E-state index is 10.3. The van der Waals surface area contributed by atoms with Crippen molar-refractivity contribution in [1.29, 1.82) is 0 Å². The summed E-state index contributed by atoms with van der Waals surface area (Å²) in [5.74, 6) is 0.410. The van der Waals surface area contributed by atoms with Crippen LogP contribution in [0.5, 0.6) is 0 Å². The van der Waals surface area contributed by atoms with Crippen molar-refractivity contribution in [2.24, 2.45) is 0 Å². The van der Waals surface area contributed by atoms with Crippen molar-refractivity contribution in [3.63, 3.8) is 0 Å². The molecule has 17 heavy (non-hydrogen) atoms. The van der Waals surface area contributed by atoms with Gasteiger partial charge >= 0.3 is 5.97 Å². The average molecular weight is 254 g/mol. The fraction of sp³-hybridized carbons (Fsp3) is 0.556. The van der Waals surface area contributed by atoms with Crippen LogP contribution in [-0.4, -0.2) is 37.5 Å². The SMILES string of the molecule is O=C(O)COCc1nn2c(C3CC3)nnc2s1. The molecule has 0 saturated heterocycles. The lowest BCUT2D eigenvalue weighted by molar-refractivity contribution is -0.142. The maximum atomic E-state index is 10.3. The van der Waals surface area contributed by atoms with E-state index < -0.39 is 5.97 Å². The van der Waals surface area contributed by atoms with Gasteiger partial charge in [0.25, 0.3) is 0 Å². The number of ether oxygens (including phenoxy) is 1. The first-order valence-electron chi connectivity index (χ1n) is 5.24. The van der Waals surface area contributed by atoms with Gasteiger partial charge in [-0.3, -0.25) is 0 Å². The molecular formula is C9H10N4O3S. The van der Waals surface area contributed by atoms with Crippen molar-refractivity contribution in [3.8, 4) is 0 Å². The van der Waals surface area contributed by atoms with Gasteiger partial charge in [-0.25, -0.2) is 4.79 Å². The van der Waals surface area contributed by atoms with Gasteiger partial charge in [-0.05, 0) is 12.8 Å². The van der Waals surface area contributed by atoms with Crippen LogP contribution in [0.1, 0.15) is 29.6 Å². The highest BCUT2D eigenvalue weighted by molar-refractivity contribution is 7.16. The Hall–Kier alpha value is -1.54. The highest BCUT2D eigenvalue weighted by Crippen LogP contribution is 2.39. The van der Waals surface area contributed by atoms with Crippen LogP contribution in [0, 0.1) is 0 Å². The smallest absolute Gasteiger partial charge is 0.329 e. The van der Waals surface area contributed by atoms with E-state index in [9.17, 15) is 4.79 Å². The molecule has 2 aromatic heterocycles. The largest absolute Gasteiger partial charge is 0.480 e. The average Bonchev–Trinajstić information content (AvgIpc) is 2.90. The Morgan fingerprint density at radius 3 is 3.06 bits per heavy atom. The molecule has 1 aliphatic rings. The Morgan fingerprint density at radius 2 is 2.35 bits per heavy atom. The Morgan fingerprint density at radius 1 is 1.53 bits per heavy atom. The van der Waals surface area contributed by atoms with E-state index >= 15 is 0 Å². The first-order chi connectivity index (χ1) is 8.24. The number of aromatic nitrogens is 4. The minimum absolute atomic E-state index is 0.199. The van der Waals surface area contributed by atoms with Crippen LogP contribution in [0.4, 0.5) is 0 Å². The summed E-state index contributed by atoms with van der Waals surface area (Å²) in [6.07, 6.45) is 2.28. The van der Waals surface area contributed by atoms with Gasteiger partial charge in [0.2, 0.25) is 4.96 Å². The van der Waals surface area contributed by atoms with Crippen LogP contribution >= 0.6 is 11.3 Å². The standard InChI is InChI=1S/C9H10N4O3S/c14-7(15)4-16-3-6-12-13-8(5-1-2-5)10-11-9(13)17-6/h5H,1-4H2,(H,14,15). The van der Waals surface area contributed by atoms with Gasteiger partial charge in [-0.15, -0.1) is 10.2 Å². The minimum Gasteiger partial charge on any atom is -0.480 e. The first-order valence-corrected chi connectivity index (χ1v) is 6.06. The third kappa shape index (κ3) is 2.13. The molecule has 2 heterocycles. The van der Waals surface area contributed by atoms with Crippen LogP contribution in [0.15, 0.2) is 0 Å². The van der Waals surface area contributed by atoms with Gasteiger partial charge in [0.05, 0.1) is 0 Å². The second-order valence-corrected chi connectivity index (χ2v) is 4.95. The molecule has 1 aliphatic carbocycles. The fourth-order valence-corrected chi connectivity index (χ4v) is 2.33. The molecule has 1 saturated carbocycles. The van der Waals surface area contributed by atoms with E-state index in [1.54, 1.807) is 4.52 Å². The van der Waals surface area contributed by atoms with Gasteiger partial charge in [0.15, 0.2) is 5.82 Å². The van der Waals surface area contributed by atoms with E-state index in [1.165, 1.54) is 11.3 Å². The lowest BCUT2D eigenvalue weighted by Crippen LogP contribution is -2.06. The molecule has 0 aliphatic heterocycles. The Labute approximate surface area is 100 Å². The summed E-state index contributed by atoms with van der Waals surface area (Å²) in [6.45, 7) is -0.111. The highest BCUT2D eigenvalue weighted by atomic mass is 32.1. The number of carboxylic acid groups (broad SMARTS) is 1. The maximum Gasteiger partial charge on any atom is 0.329 e. The van der Waals surface area contributed by atoms with Crippen molar-refractivity contribution < 1.29 is 14.6 Å². The number of fused-ring (bicyclic) bond motifs is 1. The molecule has 90 valence electrons. The van der Waals surface area contributed by atoms with Crippen LogP contribution in [-0.2, 0) is 16.1 Å². The van der Waals surface area contributed by atoms with Crippen molar-refractivity contribution >= 4 is 22.3 Å². The van der Waals surface area contributed by atoms with Gasteiger partial charge in [-0.2, -0.15) is 9.61 Å². The molecule has 2 aromatic rings. The predicted molar refractivity (Wildman–Crippen MR) is 57.9 cm³/mol. The summed E-state index contributed by atoms with van der Waals surface area (Å²) >= 11 is 1.38. The molecular weight excluding hydrogens is 244 g/mol. The summed E-state index contributed by atoms with van der Waals surface area (Å²) < 4.78 is 6.72. The second kappa shape index (κ2) is 4.04. The Bertz CT molecular complexity index is 560. The molecule has 0 bridgehead atoms. The number of hydrogen-bond acceptors (Lipinski definition) is 6. The summed E-state index contributed by atoms with van der Waals surface area (Å²) in [4.78, 5) is 11.0. The zero-order chi connectivity index (χ0) is 11.8. The van der Waals surface area contributed by atoms with E-state index in [-0.39, 0.29) is 13.2 Å². The molecule has 1 fully saturated rings. The zero-order valence-electron chi connectivity index (χ0n) is 8.87. The Kier molecular flexibility index (Phi) is 2.52. The van der Waals surface area contributed by atoms with Crippen LogP contribution < -0.4 is 0 Å². The molecule has 0 unspecified atom stereocenters. The lowest BCUT2D eigenvalue weighted by atomic mass is 10.4. The topological polar surface area (TPSA) is 89.6 Å². The summed E-state index contributed by atoms with van der Waals surface area (Å²) in [6, 6.07) is 0. The number of hydrogen-bond donors (Lipinski definition) is 1. The normalized spacial score (nSPS) is 15.5. The van der Waals surface area contributed by atoms with Gasteiger partial charge < -0.3 is 9.84 Å². The summed E-state index contributed by atoms with van der Waals surface area (Å²) in [5.41, 5.74) is 0. The third-order valence-corrected chi connectivity index (χ3v) is 3.32. The second-order valence-electron chi connectivity index (χ2n) is 3.91. The first kappa shape index (κ1) is 10.6. The molecule has 0 amide bonds. The van der Waals surface area contributed by atoms with Crippen molar-refractivity contribution in [3.05, 3.63) is 10.8 Å². The zero-order valence-corrected chi connectivity index (χ0v) is 9.68. The van der Waals surface area contributed by atoms with E-state index in [4.69, 9.17) is 9.84 Å². The summed E-state index contributed by atoms with van der Waals surface area (Å²) in [7, 11) is 0. The van der Waals surface area contributed by atoms with E-state index in [1.807, 2.05) is 0 Å². The third-order valence-electron chi connectivity index (χ3n) is 2.45. The van der Waals surface area contributed by atoms with E-state index in [2.05, 4.69) is 15.3 Å². The Balaban J connectivity index is 1.75. The number of carboxylic acids is 1. The quantitative estimate of drug-likeness (QED) is 0.843. The van der Waals surface area contributed by atoms with Crippen molar-refractivity contribution in [2.45, 2.75) is 25.4 Å². The van der Waals surface area contributed by atoms with Gasteiger partial charge in [0, 0.05) is 5.92 Å². The lowest BCUT2D eigenvalue weighted by Gasteiger charge is -1.95. The monoisotopic (exact) mass is 254 g/mol. The number of aliphatic carboxylic acids is 1. The minimum atomic E-state index is -0.980. The number of carbonyl (C=O) groups is 1. The number of nitrogens with zero attached hydrogens (tertiary/aromatic N) is 4. The van der Waals surface area contributed by atoms with Gasteiger partial charge in [0.1, 0.15) is 18.2 Å². The van der Waals surface area contributed by atoms with Crippen LogP contribution in [0.2, 0.25) is 0 Å². The predicted octanol–water partition coefficient (Wildman–Crippen LogP) is 0.664. The molecule has 1 N–H and O–H groups in total. The number of rotatable bonds is 5. The summed E-state index contributed by atoms with van der Waals surface area (Å²) in [5, 5.41) is 21.6. The molecule has 0 radical (unpaired) electrons. The van der Waals surface area contributed by atoms with Crippen molar-refractivity contribution in [1.82, 2.24) is 19.8 Å². The van der Waals surface area contributed by atoms with Crippen LogP contribution in [0.25, 0.3) is 4.96 Å². The molecule has 7 nitrogen and oxygen atoms in total.